The van der Waals surface area contributed by atoms with E-state index in [9.17, 15) is 22.4 Å². The normalized spacial score (nSPS) is 8.80. The van der Waals surface area contributed by atoms with E-state index in [1.807, 2.05) is 0 Å². The van der Waals surface area contributed by atoms with Gasteiger partial charge in [0.1, 0.15) is 0 Å². The van der Waals surface area contributed by atoms with Gasteiger partial charge in [-0.3, -0.25) is 0 Å². The molecule has 0 spiro atoms. The molecule has 58 valence electrons. The van der Waals surface area contributed by atoms with Crippen molar-refractivity contribution in [2.24, 2.45) is 0 Å². The SMILES string of the molecule is O=C(OCF)C(F)=C(F)F. The highest BCUT2D eigenvalue weighted by Gasteiger charge is 2.16. The first-order valence-corrected chi connectivity index (χ1v) is 2.03. The van der Waals surface area contributed by atoms with Crippen molar-refractivity contribution in [2.75, 3.05) is 6.86 Å². The second-order valence-electron chi connectivity index (χ2n) is 1.12. The molecule has 0 aromatic rings. The Morgan fingerprint density at radius 1 is 1.30 bits per heavy atom. The summed E-state index contributed by atoms with van der Waals surface area (Å²) < 4.78 is 48.0. The molecular weight excluding hydrogens is 156 g/mol. The van der Waals surface area contributed by atoms with Crippen molar-refractivity contribution in [3.8, 4) is 0 Å². The second kappa shape index (κ2) is 3.86. The summed E-state index contributed by atoms with van der Waals surface area (Å²) in [5.41, 5.74) is 0. The van der Waals surface area contributed by atoms with Gasteiger partial charge in [0.15, 0.2) is 0 Å². The largest absolute Gasteiger partial charge is 0.428 e. The van der Waals surface area contributed by atoms with Gasteiger partial charge in [0, 0.05) is 0 Å². The first-order chi connectivity index (χ1) is 4.59. The highest BCUT2D eigenvalue weighted by atomic mass is 19.3. The van der Waals surface area contributed by atoms with Crippen molar-refractivity contribution in [3.05, 3.63) is 11.9 Å². The van der Waals surface area contributed by atoms with Crippen molar-refractivity contribution in [3.63, 3.8) is 0 Å². The zero-order chi connectivity index (χ0) is 8.15. The molecule has 10 heavy (non-hydrogen) atoms. The average Bonchev–Trinajstić information content (AvgIpc) is 1.87. The molecule has 2 nitrogen and oxygen atoms in total. The minimum Gasteiger partial charge on any atom is -0.428 e. The minimum atomic E-state index is -2.82. The van der Waals surface area contributed by atoms with E-state index in [1.165, 1.54) is 0 Å². The Balaban J connectivity index is 4.09. The minimum absolute atomic E-state index is 1.63. The number of carbonyl (C=O) groups is 1. The van der Waals surface area contributed by atoms with Crippen LogP contribution in [-0.4, -0.2) is 12.8 Å². The predicted octanol–water partition coefficient (Wildman–Crippen LogP) is 1.53. The monoisotopic (exact) mass is 158 g/mol. The van der Waals surface area contributed by atoms with E-state index >= 15 is 0 Å². The summed E-state index contributed by atoms with van der Waals surface area (Å²) in [6.45, 7) is -1.63. The van der Waals surface area contributed by atoms with Crippen molar-refractivity contribution in [2.45, 2.75) is 0 Å². The molecule has 0 aliphatic heterocycles. The van der Waals surface area contributed by atoms with E-state index in [2.05, 4.69) is 4.74 Å². The summed E-state index contributed by atoms with van der Waals surface area (Å²) in [6.07, 6.45) is -2.82. The highest BCUT2D eigenvalue weighted by molar-refractivity contribution is 5.85. The number of ether oxygens (including phenoxy) is 1. The molecule has 0 bridgehead atoms. The molecular formula is C4H2F4O2. The van der Waals surface area contributed by atoms with Gasteiger partial charge < -0.3 is 4.74 Å². The molecule has 0 aromatic heterocycles. The highest BCUT2D eigenvalue weighted by Crippen LogP contribution is 2.10. The maximum absolute atomic E-state index is 11.6. The van der Waals surface area contributed by atoms with E-state index in [0.717, 1.165) is 0 Å². The number of alkyl halides is 1. The quantitative estimate of drug-likeness (QED) is 0.346. The van der Waals surface area contributed by atoms with E-state index in [0.29, 0.717) is 0 Å². The van der Waals surface area contributed by atoms with E-state index in [1.54, 1.807) is 0 Å². The summed E-state index contributed by atoms with van der Waals surface area (Å²) in [6, 6.07) is 0. The summed E-state index contributed by atoms with van der Waals surface area (Å²) >= 11 is 0. The molecule has 0 rings (SSSR count). The van der Waals surface area contributed by atoms with Gasteiger partial charge in [-0.25, -0.2) is 9.18 Å². The van der Waals surface area contributed by atoms with Gasteiger partial charge in [-0.15, -0.1) is 0 Å². The van der Waals surface area contributed by atoms with E-state index in [4.69, 9.17) is 0 Å². The van der Waals surface area contributed by atoms with Crippen LogP contribution < -0.4 is 0 Å². The molecule has 0 saturated carbocycles. The van der Waals surface area contributed by atoms with E-state index in [-0.39, 0.29) is 0 Å². The molecule has 0 heterocycles. The Kier molecular flexibility index (Phi) is 3.45. The Morgan fingerprint density at radius 2 is 1.80 bits per heavy atom. The summed E-state index contributed by atoms with van der Waals surface area (Å²) in [7, 11) is 0. The lowest BCUT2D eigenvalue weighted by atomic mass is 10.6. The first kappa shape index (κ1) is 8.93. The molecule has 0 unspecified atom stereocenters. The summed E-state index contributed by atoms with van der Waals surface area (Å²) in [5.74, 6) is -4.36. The third-order valence-corrected chi connectivity index (χ3v) is 0.531. The smallest absolute Gasteiger partial charge is 0.375 e. The van der Waals surface area contributed by atoms with Crippen LogP contribution in [0.25, 0.3) is 0 Å². The van der Waals surface area contributed by atoms with Crippen LogP contribution in [0.3, 0.4) is 0 Å². The number of hydrogen-bond donors (Lipinski definition) is 0. The van der Waals surface area contributed by atoms with Crippen molar-refractivity contribution < 1.29 is 27.1 Å². The second-order valence-corrected chi connectivity index (χ2v) is 1.12. The molecule has 0 radical (unpaired) electrons. The fourth-order valence-electron chi connectivity index (χ4n) is 0.190. The van der Waals surface area contributed by atoms with Crippen molar-refractivity contribution in [1.29, 1.82) is 0 Å². The molecule has 0 fully saturated rings. The Labute approximate surface area is 53.1 Å². The van der Waals surface area contributed by atoms with Gasteiger partial charge in [-0.2, -0.15) is 13.2 Å². The lowest BCUT2D eigenvalue weighted by molar-refractivity contribution is -0.145. The maximum atomic E-state index is 11.6. The van der Waals surface area contributed by atoms with Gasteiger partial charge in [-0.1, -0.05) is 0 Å². The number of halogens is 4. The van der Waals surface area contributed by atoms with Gasteiger partial charge >= 0.3 is 12.0 Å². The van der Waals surface area contributed by atoms with Gasteiger partial charge in [-0.05, 0) is 0 Å². The molecule has 0 atom stereocenters. The maximum Gasteiger partial charge on any atom is 0.375 e. The lowest BCUT2D eigenvalue weighted by Crippen LogP contribution is -2.04. The average molecular weight is 158 g/mol. The Bertz CT molecular complexity index is 161. The number of rotatable bonds is 2. The van der Waals surface area contributed by atoms with Crippen LogP contribution in [0.1, 0.15) is 0 Å². The summed E-state index contributed by atoms with van der Waals surface area (Å²) in [4.78, 5) is 9.81. The zero-order valence-corrected chi connectivity index (χ0v) is 4.54. The number of esters is 1. The molecule has 0 amide bonds. The standard InChI is InChI=1S/C4H2F4O2/c5-1-10-4(9)2(6)3(7)8/h1H2. The van der Waals surface area contributed by atoms with Crippen LogP contribution >= 0.6 is 0 Å². The Morgan fingerprint density at radius 3 is 2.10 bits per heavy atom. The fraction of sp³-hybridized carbons (Fsp3) is 0.250. The molecule has 0 aliphatic rings. The molecule has 0 saturated heterocycles. The predicted molar refractivity (Wildman–Crippen MR) is 22.4 cm³/mol. The topological polar surface area (TPSA) is 26.3 Å². The van der Waals surface area contributed by atoms with Crippen LogP contribution in [0.5, 0.6) is 0 Å². The lowest BCUT2D eigenvalue weighted by Gasteiger charge is -1.93. The van der Waals surface area contributed by atoms with Crippen molar-refractivity contribution in [1.82, 2.24) is 0 Å². The van der Waals surface area contributed by atoms with Crippen molar-refractivity contribution >= 4 is 5.97 Å². The molecule has 0 N–H and O–H groups in total. The van der Waals surface area contributed by atoms with E-state index < -0.39 is 24.7 Å². The van der Waals surface area contributed by atoms with Crippen LogP contribution in [0.4, 0.5) is 17.6 Å². The molecule has 0 aromatic carbocycles. The van der Waals surface area contributed by atoms with Crippen LogP contribution in [0.15, 0.2) is 11.9 Å². The third-order valence-electron chi connectivity index (χ3n) is 0.531. The fourth-order valence-corrected chi connectivity index (χ4v) is 0.190. The zero-order valence-electron chi connectivity index (χ0n) is 4.54. The number of hydrogen-bond acceptors (Lipinski definition) is 2. The van der Waals surface area contributed by atoms with Crippen LogP contribution in [0.2, 0.25) is 0 Å². The Hall–Kier alpha value is -1.07. The molecule has 0 aliphatic carbocycles. The number of carbonyl (C=O) groups excluding carboxylic acids is 1. The first-order valence-electron chi connectivity index (χ1n) is 2.03. The van der Waals surface area contributed by atoms with Gasteiger partial charge in [0.25, 0.3) is 5.83 Å². The molecule has 6 heteroatoms. The van der Waals surface area contributed by atoms with Gasteiger partial charge in [0.05, 0.1) is 0 Å². The third kappa shape index (κ3) is 2.47. The summed E-state index contributed by atoms with van der Waals surface area (Å²) in [5, 5.41) is 0. The van der Waals surface area contributed by atoms with Crippen LogP contribution in [-0.2, 0) is 9.53 Å². The van der Waals surface area contributed by atoms with Crippen LogP contribution in [0, 0.1) is 0 Å². The van der Waals surface area contributed by atoms with Gasteiger partial charge in [0.2, 0.25) is 6.86 Å².